The predicted molar refractivity (Wildman–Crippen MR) is 86.2 cm³/mol. The van der Waals surface area contributed by atoms with E-state index in [4.69, 9.17) is 0 Å². The molecule has 1 fully saturated rings. The molecule has 0 spiro atoms. The molecule has 1 aliphatic heterocycles. The van der Waals surface area contributed by atoms with Gasteiger partial charge in [0.15, 0.2) is 0 Å². The Kier molecular flexibility index (Phi) is 4.37. The Labute approximate surface area is 127 Å². The van der Waals surface area contributed by atoms with Crippen molar-refractivity contribution in [1.29, 1.82) is 0 Å². The Morgan fingerprint density at radius 3 is 2.33 bits per heavy atom. The number of hydrogen-bond donors (Lipinski definition) is 1. The smallest absolute Gasteiger partial charge is 0.102 e. The van der Waals surface area contributed by atoms with Gasteiger partial charge in [0.25, 0.3) is 0 Å². The van der Waals surface area contributed by atoms with E-state index in [2.05, 4.69) is 35.2 Å². The molecule has 2 heteroatoms. The average molecular weight is 281 g/mol. The number of benzene rings is 2. The molecular weight excluding hydrogens is 258 g/mol. The summed E-state index contributed by atoms with van der Waals surface area (Å²) >= 11 is 0. The fourth-order valence-electron chi connectivity index (χ4n) is 3.23. The zero-order valence-corrected chi connectivity index (χ0v) is 12.4. The highest BCUT2D eigenvalue weighted by Crippen LogP contribution is 2.31. The van der Waals surface area contributed by atoms with Crippen molar-refractivity contribution in [2.45, 2.75) is 24.9 Å². The van der Waals surface area contributed by atoms with Crippen LogP contribution in [-0.4, -0.2) is 29.6 Å². The van der Waals surface area contributed by atoms with Gasteiger partial charge in [0.05, 0.1) is 0 Å². The van der Waals surface area contributed by atoms with Crippen LogP contribution >= 0.6 is 0 Å². The second-order valence-corrected chi connectivity index (χ2v) is 6.01. The molecule has 0 amide bonds. The van der Waals surface area contributed by atoms with Crippen molar-refractivity contribution in [1.82, 2.24) is 4.90 Å². The van der Waals surface area contributed by atoms with Crippen LogP contribution in [0.1, 0.15) is 24.0 Å². The van der Waals surface area contributed by atoms with Crippen LogP contribution in [0, 0.1) is 0 Å². The topological polar surface area (TPSA) is 23.5 Å². The molecule has 2 aromatic rings. The first kappa shape index (κ1) is 14.3. The molecule has 1 unspecified atom stereocenters. The van der Waals surface area contributed by atoms with E-state index < -0.39 is 5.60 Å². The molecule has 2 aromatic carbocycles. The number of rotatable bonds is 4. The van der Waals surface area contributed by atoms with Gasteiger partial charge in [0.2, 0.25) is 0 Å². The van der Waals surface area contributed by atoms with Crippen LogP contribution < -0.4 is 0 Å². The lowest BCUT2D eigenvalue weighted by Gasteiger charge is -2.39. The standard InChI is InChI=1S/C19H23NO/c21-19(18-10-5-2-6-11-18)13-7-14-20(16-19)15-12-17-8-3-1-4-9-17/h1-6,8-11,21H,7,12-16H2. The molecule has 2 nitrogen and oxygen atoms in total. The third-order valence-corrected chi connectivity index (χ3v) is 4.42. The van der Waals surface area contributed by atoms with Gasteiger partial charge < -0.3 is 5.11 Å². The van der Waals surface area contributed by atoms with Crippen LogP contribution in [0.15, 0.2) is 60.7 Å². The van der Waals surface area contributed by atoms with Crippen molar-refractivity contribution in [3.8, 4) is 0 Å². The molecular formula is C19H23NO. The minimum atomic E-state index is -0.684. The van der Waals surface area contributed by atoms with E-state index in [0.717, 1.165) is 44.5 Å². The first-order chi connectivity index (χ1) is 10.3. The van der Waals surface area contributed by atoms with Crippen LogP contribution in [0.4, 0.5) is 0 Å². The Bertz CT molecular complexity index is 554. The second kappa shape index (κ2) is 6.42. The van der Waals surface area contributed by atoms with Gasteiger partial charge in [0, 0.05) is 13.1 Å². The molecule has 1 aliphatic rings. The third-order valence-electron chi connectivity index (χ3n) is 4.42. The highest BCUT2D eigenvalue weighted by molar-refractivity contribution is 5.23. The summed E-state index contributed by atoms with van der Waals surface area (Å²) in [5.74, 6) is 0. The summed E-state index contributed by atoms with van der Waals surface area (Å²) in [7, 11) is 0. The quantitative estimate of drug-likeness (QED) is 0.930. The predicted octanol–water partition coefficient (Wildman–Crippen LogP) is 3.21. The maximum atomic E-state index is 11.0. The maximum absolute atomic E-state index is 11.0. The number of nitrogens with zero attached hydrogens (tertiary/aromatic N) is 1. The first-order valence-electron chi connectivity index (χ1n) is 7.80. The molecule has 3 rings (SSSR count). The number of piperidine rings is 1. The normalized spacial score (nSPS) is 23.1. The Hall–Kier alpha value is -1.64. The van der Waals surface area contributed by atoms with Gasteiger partial charge in [-0.25, -0.2) is 0 Å². The van der Waals surface area contributed by atoms with Crippen LogP contribution in [0.2, 0.25) is 0 Å². The van der Waals surface area contributed by atoms with Crippen LogP contribution in [0.3, 0.4) is 0 Å². The Balaban J connectivity index is 1.63. The van der Waals surface area contributed by atoms with Gasteiger partial charge in [-0.15, -0.1) is 0 Å². The van der Waals surface area contributed by atoms with Gasteiger partial charge in [-0.05, 0) is 36.9 Å². The van der Waals surface area contributed by atoms with Crippen molar-refractivity contribution < 1.29 is 5.11 Å². The zero-order chi connectivity index (χ0) is 14.5. The third kappa shape index (κ3) is 3.52. The van der Waals surface area contributed by atoms with E-state index in [0.29, 0.717) is 0 Å². The minimum absolute atomic E-state index is 0.684. The molecule has 1 heterocycles. The Morgan fingerprint density at radius 1 is 0.952 bits per heavy atom. The molecule has 21 heavy (non-hydrogen) atoms. The fraction of sp³-hybridized carbons (Fsp3) is 0.368. The lowest BCUT2D eigenvalue weighted by molar-refractivity contribution is -0.0352. The molecule has 0 aromatic heterocycles. The maximum Gasteiger partial charge on any atom is 0.102 e. The molecule has 1 N–H and O–H groups in total. The average Bonchev–Trinajstić information content (AvgIpc) is 2.55. The lowest BCUT2D eigenvalue weighted by Crippen LogP contribution is -2.46. The van der Waals surface area contributed by atoms with Gasteiger partial charge >= 0.3 is 0 Å². The number of likely N-dealkylation sites (tertiary alicyclic amines) is 1. The van der Waals surface area contributed by atoms with E-state index in [1.807, 2.05) is 30.3 Å². The van der Waals surface area contributed by atoms with E-state index in [9.17, 15) is 5.11 Å². The van der Waals surface area contributed by atoms with Crippen LogP contribution in [0.5, 0.6) is 0 Å². The molecule has 1 saturated heterocycles. The molecule has 0 bridgehead atoms. The van der Waals surface area contributed by atoms with E-state index in [1.165, 1.54) is 5.56 Å². The number of β-amino-alcohol motifs (C(OH)–C–C–N with tert-alkyl or cyclic N) is 1. The van der Waals surface area contributed by atoms with Gasteiger partial charge in [-0.2, -0.15) is 0 Å². The molecule has 110 valence electrons. The summed E-state index contributed by atoms with van der Waals surface area (Å²) in [6.07, 6.45) is 2.96. The number of hydrogen-bond acceptors (Lipinski definition) is 2. The first-order valence-corrected chi connectivity index (χ1v) is 7.80. The zero-order valence-electron chi connectivity index (χ0n) is 12.4. The van der Waals surface area contributed by atoms with Gasteiger partial charge in [0.1, 0.15) is 5.60 Å². The van der Waals surface area contributed by atoms with Crippen molar-refractivity contribution >= 4 is 0 Å². The van der Waals surface area contributed by atoms with Crippen molar-refractivity contribution in [2.24, 2.45) is 0 Å². The summed E-state index contributed by atoms with van der Waals surface area (Å²) < 4.78 is 0. The highest BCUT2D eigenvalue weighted by Gasteiger charge is 2.34. The van der Waals surface area contributed by atoms with Gasteiger partial charge in [-0.3, -0.25) is 4.90 Å². The van der Waals surface area contributed by atoms with E-state index in [1.54, 1.807) is 0 Å². The minimum Gasteiger partial charge on any atom is -0.384 e. The highest BCUT2D eigenvalue weighted by atomic mass is 16.3. The molecule has 0 aliphatic carbocycles. The largest absolute Gasteiger partial charge is 0.384 e. The summed E-state index contributed by atoms with van der Waals surface area (Å²) in [5, 5.41) is 11.0. The molecule has 0 radical (unpaired) electrons. The van der Waals surface area contributed by atoms with Gasteiger partial charge in [-0.1, -0.05) is 60.7 Å². The van der Waals surface area contributed by atoms with Crippen LogP contribution in [-0.2, 0) is 12.0 Å². The summed E-state index contributed by atoms with van der Waals surface area (Å²) in [6.45, 7) is 2.84. The SMILES string of the molecule is OC1(c2ccccc2)CCCN(CCc2ccccc2)C1. The molecule has 1 atom stereocenters. The van der Waals surface area contributed by atoms with Crippen molar-refractivity contribution in [2.75, 3.05) is 19.6 Å². The summed E-state index contributed by atoms with van der Waals surface area (Å²) in [6, 6.07) is 20.7. The second-order valence-electron chi connectivity index (χ2n) is 6.01. The monoisotopic (exact) mass is 281 g/mol. The fourth-order valence-corrected chi connectivity index (χ4v) is 3.23. The van der Waals surface area contributed by atoms with Crippen LogP contribution in [0.25, 0.3) is 0 Å². The van der Waals surface area contributed by atoms with E-state index >= 15 is 0 Å². The number of aliphatic hydroxyl groups is 1. The Morgan fingerprint density at radius 2 is 1.62 bits per heavy atom. The summed E-state index contributed by atoms with van der Waals surface area (Å²) in [5.41, 5.74) is 1.73. The van der Waals surface area contributed by atoms with Crippen molar-refractivity contribution in [3.63, 3.8) is 0 Å². The van der Waals surface area contributed by atoms with Crippen molar-refractivity contribution in [3.05, 3.63) is 71.8 Å². The lowest BCUT2D eigenvalue weighted by atomic mass is 9.85. The molecule has 0 saturated carbocycles. The van der Waals surface area contributed by atoms with E-state index in [-0.39, 0.29) is 0 Å². The summed E-state index contributed by atoms with van der Waals surface area (Å²) in [4.78, 5) is 2.39.